The molecule has 1 fully saturated rings. The Morgan fingerprint density at radius 1 is 1.38 bits per heavy atom. The molecule has 1 aliphatic rings. The lowest BCUT2D eigenvalue weighted by molar-refractivity contribution is 0.453. The van der Waals surface area contributed by atoms with E-state index in [0.29, 0.717) is 11.3 Å². The molecule has 2 heteroatoms. The first-order valence-corrected chi connectivity index (χ1v) is 3.74. The van der Waals surface area contributed by atoms with Crippen molar-refractivity contribution in [3.63, 3.8) is 0 Å². The minimum Gasteiger partial charge on any atom is -0.328 e. The van der Waals surface area contributed by atoms with Crippen molar-refractivity contribution in [2.75, 3.05) is 0 Å². The van der Waals surface area contributed by atoms with Gasteiger partial charge >= 0.3 is 0 Å². The summed E-state index contributed by atoms with van der Waals surface area (Å²) in [5.41, 5.74) is 5.68. The van der Waals surface area contributed by atoms with E-state index < -0.39 is 0 Å². The largest absolute Gasteiger partial charge is 0.328 e. The molecule has 2 N–H and O–H groups in total. The van der Waals surface area contributed by atoms with Crippen molar-refractivity contribution < 1.29 is 0 Å². The summed E-state index contributed by atoms with van der Waals surface area (Å²) in [6, 6.07) is 0.436. The average Bonchev–Trinajstić information content (AvgIpc) is 1.64. The van der Waals surface area contributed by atoms with Gasteiger partial charge in [0.25, 0.3) is 0 Å². The number of nitrogens with two attached hydrogens (primary N) is 1. The van der Waals surface area contributed by atoms with E-state index in [1.807, 2.05) is 0 Å². The fraction of sp³-hybridized carbons (Fsp3) is 1.00. The summed E-state index contributed by atoms with van der Waals surface area (Å²) >= 11 is 4.34. The predicted molar refractivity (Wildman–Crippen MR) is 39.2 cm³/mol. The van der Waals surface area contributed by atoms with Crippen LogP contribution in [0.1, 0.15) is 25.7 Å². The van der Waals surface area contributed by atoms with Crippen LogP contribution < -0.4 is 5.73 Å². The van der Waals surface area contributed by atoms with Gasteiger partial charge in [-0.1, -0.05) is 6.42 Å². The van der Waals surface area contributed by atoms with Crippen LogP contribution in [0, 0.1) is 0 Å². The second kappa shape index (κ2) is 2.74. The maximum atomic E-state index is 5.68. The molecule has 1 saturated carbocycles. The Bertz CT molecular complexity index is 66.9. The van der Waals surface area contributed by atoms with Crippen LogP contribution in [0.4, 0.5) is 0 Å². The zero-order chi connectivity index (χ0) is 5.98. The third-order valence-electron chi connectivity index (χ3n) is 1.69. The first-order valence-electron chi connectivity index (χ1n) is 3.22. The van der Waals surface area contributed by atoms with Gasteiger partial charge in [-0.15, -0.1) is 0 Å². The van der Waals surface area contributed by atoms with Crippen molar-refractivity contribution in [1.29, 1.82) is 0 Å². The highest BCUT2D eigenvalue weighted by Gasteiger charge is 2.14. The Morgan fingerprint density at radius 3 is 2.50 bits per heavy atom. The van der Waals surface area contributed by atoms with Crippen LogP contribution in [-0.4, -0.2) is 11.3 Å². The molecule has 0 heterocycles. The van der Waals surface area contributed by atoms with E-state index in [1.54, 1.807) is 0 Å². The van der Waals surface area contributed by atoms with E-state index in [9.17, 15) is 0 Å². The number of hydrogen-bond acceptors (Lipinski definition) is 2. The highest BCUT2D eigenvalue weighted by Crippen LogP contribution is 2.20. The fourth-order valence-corrected chi connectivity index (χ4v) is 1.65. The van der Waals surface area contributed by atoms with Gasteiger partial charge in [0.05, 0.1) is 0 Å². The Labute approximate surface area is 56.1 Å². The lowest BCUT2D eigenvalue weighted by atomic mass is 9.96. The number of thiol groups is 1. The summed E-state index contributed by atoms with van der Waals surface area (Å²) in [4.78, 5) is 0. The molecule has 0 aromatic carbocycles. The summed E-state index contributed by atoms with van der Waals surface area (Å²) in [6.07, 6.45) is 4.85. The molecule has 8 heavy (non-hydrogen) atoms. The lowest BCUT2D eigenvalue weighted by Crippen LogP contribution is -2.27. The molecule has 0 aromatic rings. The number of hydrogen-bond donors (Lipinski definition) is 2. The van der Waals surface area contributed by atoms with E-state index in [-0.39, 0.29) is 0 Å². The summed E-state index contributed by atoms with van der Waals surface area (Å²) in [6.45, 7) is 0. The van der Waals surface area contributed by atoms with Gasteiger partial charge < -0.3 is 5.73 Å². The van der Waals surface area contributed by atoms with Crippen molar-refractivity contribution in [2.45, 2.75) is 37.0 Å². The van der Waals surface area contributed by atoms with Gasteiger partial charge in [-0.25, -0.2) is 0 Å². The molecule has 0 radical (unpaired) electrons. The number of rotatable bonds is 0. The Hall–Kier alpha value is 0.310. The van der Waals surface area contributed by atoms with Gasteiger partial charge in [-0.2, -0.15) is 12.6 Å². The molecule has 0 saturated heterocycles. The predicted octanol–water partition coefficient (Wildman–Crippen LogP) is 1.19. The van der Waals surface area contributed by atoms with Gasteiger partial charge in [0.1, 0.15) is 0 Å². The van der Waals surface area contributed by atoms with E-state index in [0.717, 1.165) is 6.42 Å². The van der Waals surface area contributed by atoms with Crippen LogP contribution in [-0.2, 0) is 0 Å². The van der Waals surface area contributed by atoms with Gasteiger partial charge in [-0.3, -0.25) is 0 Å². The van der Waals surface area contributed by atoms with Gasteiger partial charge in [0, 0.05) is 11.3 Å². The Kier molecular flexibility index (Phi) is 2.20. The summed E-state index contributed by atoms with van der Waals surface area (Å²) in [5.74, 6) is 0. The third-order valence-corrected chi connectivity index (χ3v) is 2.16. The molecule has 1 nitrogen and oxygen atoms in total. The van der Waals surface area contributed by atoms with Crippen molar-refractivity contribution in [2.24, 2.45) is 5.73 Å². The minimum atomic E-state index is 0.436. The van der Waals surface area contributed by atoms with Crippen molar-refractivity contribution in [3.8, 4) is 0 Å². The highest BCUT2D eigenvalue weighted by molar-refractivity contribution is 7.80. The molecule has 1 aliphatic carbocycles. The van der Waals surface area contributed by atoms with Gasteiger partial charge in [-0.05, 0) is 19.3 Å². The van der Waals surface area contributed by atoms with Crippen LogP contribution >= 0.6 is 12.6 Å². The van der Waals surface area contributed by atoms with Crippen LogP contribution in [0.25, 0.3) is 0 Å². The van der Waals surface area contributed by atoms with E-state index >= 15 is 0 Å². The minimum absolute atomic E-state index is 0.436. The van der Waals surface area contributed by atoms with Crippen molar-refractivity contribution in [3.05, 3.63) is 0 Å². The molecule has 2 atom stereocenters. The maximum absolute atomic E-state index is 5.68. The average molecular weight is 131 g/mol. The molecule has 0 unspecified atom stereocenters. The van der Waals surface area contributed by atoms with E-state index in [2.05, 4.69) is 12.6 Å². The topological polar surface area (TPSA) is 26.0 Å². The monoisotopic (exact) mass is 131 g/mol. The SMILES string of the molecule is N[C@H]1CCC[C@@H](S)C1. The van der Waals surface area contributed by atoms with Crippen molar-refractivity contribution in [1.82, 2.24) is 0 Å². The quantitative estimate of drug-likeness (QED) is 0.474. The van der Waals surface area contributed by atoms with Crippen LogP contribution in [0.15, 0.2) is 0 Å². The van der Waals surface area contributed by atoms with E-state index in [4.69, 9.17) is 5.73 Å². The second-order valence-electron chi connectivity index (χ2n) is 2.58. The standard InChI is InChI=1S/C6H13NS/c7-5-2-1-3-6(8)4-5/h5-6,8H,1-4,7H2/t5-,6+/m0/s1. The fourth-order valence-electron chi connectivity index (χ4n) is 1.20. The molecule has 0 amide bonds. The molecule has 48 valence electrons. The molecule has 1 rings (SSSR count). The van der Waals surface area contributed by atoms with Crippen molar-refractivity contribution >= 4 is 12.6 Å². The highest BCUT2D eigenvalue weighted by atomic mass is 32.1. The first-order chi connectivity index (χ1) is 3.79. The Morgan fingerprint density at radius 2 is 2.12 bits per heavy atom. The molecule has 0 aliphatic heterocycles. The molecular weight excluding hydrogens is 118 g/mol. The maximum Gasteiger partial charge on any atom is 0.00492 e. The first kappa shape index (κ1) is 6.43. The summed E-state index contributed by atoms with van der Waals surface area (Å²) < 4.78 is 0. The zero-order valence-corrected chi connectivity index (χ0v) is 5.90. The smallest absolute Gasteiger partial charge is 0.00492 e. The molecule has 0 spiro atoms. The second-order valence-corrected chi connectivity index (χ2v) is 3.31. The summed E-state index contributed by atoms with van der Waals surface area (Å²) in [5, 5.41) is 0.582. The van der Waals surface area contributed by atoms with Crippen LogP contribution in [0.3, 0.4) is 0 Å². The van der Waals surface area contributed by atoms with Gasteiger partial charge in [0.2, 0.25) is 0 Å². The molecular formula is C6H13NS. The normalized spacial score (nSPS) is 39.8. The van der Waals surface area contributed by atoms with Gasteiger partial charge in [0.15, 0.2) is 0 Å². The summed E-state index contributed by atoms with van der Waals surface area (Å²) in [7, 11) is 0. The van der Waals surface area contributed by atoms with Crippen LogP contribution in [0.5, 0.6) is 0 Å². The molecule has 0 aromatic heterocycles. The van der Waals surface area contributed by atoms with Crippen LogP contribution in [0.2, 0.25) is 0 Å². The third kappa shape index (κ3) is 1.67. The zero-order valence-electron chi connectivity index (χ0n) is 5.01. The van der Waals surface area contributed by atoms with E-state index in [1.165, 1.54) is 19.3 Å². The lowest BCUT2D eigenvalue weighted by Gasteiger charge is -2.22. The Balaban J connectivity index is 2.23. The molecule has 0 bridgehead atoms.